The molecule has 172 valence electrons. The number of amides is 4. The number of barbiturate groups is 1. The van der Waals surface area contributed by atoms with Crippen LogP contribution in [0.25, 0.3) is 6.08 Å². The Morgan fingerprint density at radius 1 is 1.03 bits per heavy atom. The summed E-state index contributed by atoms with van der Waals surface area (Å²) in [5, 5.41) is 2.23. The molecule has 0 radical (unpaired) electrons. The Balaban J connectivity index is 1.61. The molecule has 1 heterocycles. The number of urea groups is 1. The quantitative estimate of drug-likeness (QED) is 0.332. The highest BCUT2D eigenvalue weighted by Gasteiger charge is 2.36. The highest BCUT2D eigenvalue weighted by atomic mass is 79.9. The molecule has 0 aliphatic carbocycles. The number of anilines is 1. The van der Waals surface area contributed by atoms with Gasteiger partial charge in [-0.3, -0.25) is 14.9 Å². The number of imide groups is 2. The van der Waals surface area contributed by atoms with Crippen LogP contribution in [0.3, 0.4) is 0 Å². The monoisotopic (exact) mass is 546 g/mol. The minimum absolute atomic E-state index is 0.0684. The number of benzene rings is 3. The topological polar surface area (TPSA) is 75.7 Å². The van der Waals surface area contributed by atoms with Gasteiger partial charge in [0.05, 0.1) is 15.2 Å². The van der Waals surface area contributed by atoms with Gasteiger partial charge in [-0.2, -0.15) is 0 Å². The summed E-state index contributed by atoms with van der Waals surface area (Å²) in [5.41, 5.74) is 0.471. The van der Waals surface area contributed by atoms with Gasteiger partial charge in [0.1, 0.15) is 23.8 Å². The van der Waals surface area contributed by atoms with Crippen molar-refractivity contribution in [2.45, 2.75) is 6.61 Å². The van der Waals surface area contributed by atoms with E-state index in [0.29, 0.717) is 15.6 Å². The van der Waals surface area contributed by atoms with Crippen molar-refractivity contribution in [2.75, 3.05) is 4.90 Å². The summed E-state index contributed by atoms with van der Waals surface area (Å²) in [5.74, 6) is -2.49. The smallest absolute Gasteiger partial charge is 0.335 e. The number of nitrogens with zero attached hydrogens (tertiary/aromatic N) is 1. The molecule has 0 saturated carbocycles. The summed E-state index contributed by atoms with van der Waals surface area (Å²) in [6, 6.07) is 12.9. The Morgan fingerprint density at radius 3 is 2.41 bits per heavy atom. The van der Waals surface area contributed by atoms with Crippen molar-refractivity contribution in [1.82, 2.24) is 5.32 Å². The predicted molar refractivity (Wildman–Crippen MR) is 125 cm³/mol. The molecule has 1 N–H and O–H groups in total. The SMILES string of the molecule is O=C1NC(=O)N(c2ccc(F)cc2)C(=O)/C1=C/c1cc(Cl)c(OCc2ccccc2F)c(Br)c1. The Bertz CT molecular complexity index is 1320. The molecule has 0 spiro atoms. The molecule has 0 unspecified atom stereocenters. The van der Waals surface area contributed by atoms with Gasteiger partial charge in [0.2, 0.25) is 0 Å². The van der Waals surface area contributed by atoms with Crippen molar-refractivity contribution in [3.63, 3.8) is 0 Å². The van der Waals surface area contributed by atoms with E-state index < -0.39 is 29.5 Å². The van der Waals surface area contributed by atoms with E-state index in [1.807, 2.05) is 0 Å². The van der Waals surface area contributed by atoms with E-state index in [1.165, 1.54) is 30.3 Å². The average molecular weight is 548 g/mol. The zero-order chi connectivity index (χ0) is 24.4. The molecular formula is C24H14BrClF2N2O4. The van der Waals surface area contributed by atoms with Crippen LogP contribution in [-0.2, 0) is 16.2 Å². The molecule has 10 heteroatoms. The zero-order valence-corrected chi connectivity index (χ0v) is 19.5. The van der Waals surface area contributed by atoms with Crippen LogP contribution in [-0.4, -0.2) is 17.8 Å². The van der Waals surface area contributed by atoms with Crippen LogP contribution >= 0.6 is 27.5 Å². The molecule has 1 saturated heterocycles. The number of halogens is 4. The predicted octanol–water partition coefficient (Wildman–Crippen LogP) is 5.63. The van der Waals surface area contributed by atoms with Gasteiger partial charge < -0.3 is 4.74 Å². The molecule has 6 nitrogen and oxygen atoms in total. The molecule has 1 aliphatic rings. The van der Waals surface area contributed by atoms with Crippen LogP contribution in [0.5, 0.6) is 5.75 Å². The van der Waals surface area contributed by atoms with E-state index in [4.69, 9.17) is 16.3 Å². The fraction of sp³-hybridized carbons (Fsp3) is 0.0417. The first kappa shape index (κ1) is 23.6. The van der Waals surface area contributed by atoms with Gasteiger partial charge in [0.25, 0.3) is 11.8 Å². The van der Waals surface area contributed by atoms with E-state index >= 15 is 0 Å². The van der Waals surface area contributed by atoms with Gasteiger partial charge in [0.15, 0.2) is 5.75 Å². The highest BCUT2D eigenvalue weighted by molar-refractivity contribution is 9.10. The van der Waals surface area contributed by atoms with Gasteiger partial charge in [0, 0.05) is 5.56 Å². The summed E-state index contributed by atoms with van der Waals surface area (Å²) in [6.45, 7) is -0.0684. The summed E-state index contributed by atoms with van der Waals surface area (Å²) >= 11 is 9.66. The van der Waals surface area contributed by atoms with Gasteiger partial charge in [-0.15, -0.1) is 0 Å². The molecule has 0 atom stereocenters. The fourth-order valence-electron chi connectivity index (χ4n) is 3.21. The van der Waals surface area contributed by atoms with Crippen molar-refractivity contribution in [3.8, 4) is 5.75 Å². The molecule has 0 bridgehead atoms. The summed E-state index contributed by atoms with van der Waals surface area (Å²) in [7, 11) is 0. The van der Waals surface area contributed by atoms with Crippen molar-refractivity contribution >= 4 is 57.1 Å². The Morgan fingerprint density at radius 2 is 1.74 bits per heavy atom. The van der Waals surface area contributed by atoms with Crippen LogP contribution in [0.2, 0.25) is 5.02 Å². The van der Waals surface area contributed by atoms with Crippen LogP contribution in [0.1, 0.15) is 11.1 Å². The lowest BCUT2D eigenvalue weighted by Gasteiger charge is -2.26. The van der Waals surface area contributed by atoms with Crippen LogP contribution < -0.4 is 15.0 Å². The summed E-state index contributed by atoms with van der Waals surface area (Å²) in [4.78, 5) is 38.3. The number of carbonyl (C=O) groups excluding carboxylic acids is 3. The third-order valence-electron chi connectivity index (χ3n) is 4.85. The van der Waals surface area contributed by atoms with Crippen molar-refractivity contribution in [1.29, 1.82) is 0 Å². The second-order valence-electron chi connectivity index (χ2n) is 7.13. The zero-order valence-electron chi connectivity index (χ0n) is 17.2. The van der Waals surface area contributed by atoms with E-state index in [0.717, 1.165) is 17.0 Å². The number of hydrogen-bond acceptors (Lipinski definition) is 4. The first-order chi connectivity index (χ1) is 16.2. The molecule has 4 rings (SSSR count). The molecule has 1 aliphatic heterocycles. The van der Waals surface area contributed by atoms with Crippen LogP contribution in [0, 0.1) is 11.6 Å². The standard InChI is InChI=1S/C24H14BrClF2N2O4/c25-18-10-13(11-19(26)21(18)34-12-14-3-1-2-4-20(14)28)9-17-22(31)29-24(33)30(23(17)32)16-7-5-15(27)6-8-16/h1-11H,12H2,(H,29,31,33)/b17-9+. The number of rotatable bonds is 5. The van der Waals surface area contributed by atoms with Gasteiger partial charge in [-0.25, -0.2) is 18.5 Å². The van der Waals surface area contributed by atoms with Crippen LogP contribution in [0.15, 0.2) is 70.7 Å². The maximum atomic E-state index is 13.8. The maximum Gasteiger partial charge on any atom is 0.335 e. The third-order valence-corrected chi connectivity index (χ3v) is 5.72. The van der Waals surface area contributed by atoms with Crippen molar-refractivity contribution < 1.29 is 27.9 Å². The Labute approximate surface area is 205 Å². The van der Waals surface area contributed by atoms with E-state index in [1.54, 1.807) is 24.3 Å². The van der Waals surface area contributed by atoms with Gasteiger partial charge in [-0.05, 0) is 70.0 Å². The maximum absolute atomic E-state index is 13.8. The largest absolute Gasteiger partial charge is 0.486 e. The molecular weight excluding hydrogens is 534 g/mol. The molecule has 4 amide bonds. The molecule has 34 heavy (non-hydrogen) atoms. The van der Waals surface area contributed by atoms with Gasteiger partial charge >= 0.3 is 6.03 Å². The number of carbonyl (C=O) groups is 3. The average Bonchev–Trinajstić information content (AvgIpc) is 2.78. The Hall–Kier alpha value is -3.56. The van der Waals surface area contributed by atoms with Crippen LogP contribution in [0.4, 0.5) is 19.3 Å². The first-order valence-corrected chi connectivity index (χ1v) is 10.9. The molecule has 0 aromatic heterocycles. The molecule has 1 fully saturated rings. The van der Waals surface area contributed by atoms with Gasteiger partial charge in [-0.1, -0.05) is 29.8 Å². The normalized spacial score (nSPS) is 15.0. The van der Waals surface area contributed by atoms with Crippen molar-refractivity contribution in [3.05, 3.63) is 98.5 Å². The number of ether oxygens (including phenoxy) is 1. The Kier molecular flexibility index (Phi) is 6.76. The second-order valence-corrected chi connectivity index (χ2v) is 8.39. The highest BCUT2D eigenvalue weighted by Crippen LogP contribution is 2.36. The third kappa shape index (κ3) is 4.85. The lowest BCUT2D eigenvalue weighted by atomic mass is 10.1. The lowest BCUT2D eigenvalue weighted by Crippen LogP contribution is -2.54. The number of nitrogens with one attached hydrogen (secondary N) is 1. The first-order valence-electron chi connectivity index (χ1n) is 9.77. The summed E-state index contributed by atoms with van der Waals surface area (Å²) in [6.07, 6.45) is 1.26. The second kappa shape index (κ2) is 9.74. The number of hydrogen-bond donors (Lipinski definition) is 1. The van der Waals surface area contributed by atoms with Crippen molar-refractivity contribution in [2.24, 2.45) is 0 Å². The van der Waals surface area contributed by atoms with E-state index in [9.17, 15) is 23.2 Å². The fourth-order valence-corrected chi connectivity index (χ4v) is 4.20. The molecule has 3 aromatic rings. The summed E-state index contributed by atoms with van der Waals surface area (Å²) < 4.78 is 33.1. The van der Waals surface area contributed by atoms with E-state index in [-0.39, 0.29) is 28.6 Å². The van der Waals surface area contributed by atoms with E-state index in [2.05, 4.69) is 21.2 Å². The molecule has 3 aromatic carbocycles. The minimum atomic E-state index is -0.949. The lowest BCUT2D eigenvalue weighted by molar-refractivity contribution is -0.122. The minimum Gasteiger partial charge on any atom is -0.486 e.